The molecule has 0 radical (unpaired) electrons. The van der Waals surface area contributed by atoms with Gasteiger partial charge in [-0.05, 0) is 19.1 Å². The van der Waals surface area contributed by atoms with E-state index < -0.39 is 5.97 Å². The van der Waals surface area contributed by atoms with Gasteiger partial charge in [0.15, 0.2) is 0 Å². The first-order chi connectivity index (χ1) is 8.15. The molecule has 0 unspecified atom stereocenters. The largest absolute Gasteiger partial charge is 0.478 e. The van der Waals surface area contributed by atoms with Crippen LogP contribution in [0.3, 0.4) is 0 Å². The molecule has 0 aliphatic heterocycles. The van der Waals surface area contributed by atoms with Gasteiger partial charge >= 0.3 is 5.97 Å². The van der Waals surface area contributed by atoms with Gasteiger partial charge < -0.3 is 9.52 Å². The lowest BCUT2D eigenvalue weighted by Crippen LogP contribution is -1.85. The van der Waals surface area contributed by atoms with Crippen molar-refractivity contribution in [2.24, 2.45) is 0 Å². The highest BCUT2D eigenvalue weighted by molar-refractivity contribution is 5.84. The molecule has 5 nitrogen and oxygen atoms in total. The van der Waals surface area contributed by atoms with Gasteiger partial charge in [0, 0.05) is 17.7 Å². The molecule has 1 N–H and O–H groups in total. The number of nitrogens with zero attached hydrogens (tertiary/aromatic N) is 2. The number of carbonyl (C=O) groups is 1. The lowest BCUT2D eigenvalue weighted by atomic mass is 10.1. The molecular weight excluding hydrogens is 220 g/mol. The van der Waals surface area contributed by atoms with Crippen molar-refractivity contribution in [2.45, 2.75) is 6.92 Å². The highest BCUT2D eigenvalue weighted by Gasteiger charge is 2.06. The lowest BCUT2D eigenvalue weighted by molar-refractivity contribution is -0.131. The third-order valence-electron chi connectivity index (χ3n) is 2.11. The molecule has 17 heavy (non-hydrogen) atoms. The topological polar surface area (TPSA) is 76.2 Å². The first-order valence-electron chi connectivity index (χ1n) is 4.97. The molecule has 2 rings (SSSR count). The first kappa shape index (κ1) is 11.1. The Morgan fingerprint density at radius 3 is 2.65 bits per heavy atom. The monoisotopic (exact) mass is 230 g/mol. The van der Waals surface area contributed by atoms with Crippen LogP contribution in [0.4, 0.5) is 0 Å². The summed E-state index contributed by atoms with van der Waals surface area (Å²) in [5.41, 5.74) is 1.94. The summed E-state index contributed by atoms with van der Waals surface area (Å²) in [5.74, 6) is -0.516. The predicted octanol–water partition coefficient (Wildman–Crippen LogP) is 2.14. The Hall–Kier alpha value is -2.43. The van der Waals surface area contributed by atoms with Crippen molar-refractivity contribution in [1.29, 1.82) is 0 Å². The zero-order valence-electron chi connectivity index (χ0n) is 9.12. The van der Waals surface area contributed by atoms with Gasteiger partial charge in [-0.2, -0.15) is 0 Å². The van der Waals surface area contributed by atoms with Crippen LogP contribution in [0.1, 0.15) is 11.5 Å². The average molecular weight is 230 g/mol. The van der Waals surface area contributed by atoms with Crippen LogP contribution in [0.15, 0.2) is 34.8 Å². The van der Waals surface area contributed by atoms with Crippen molar-refractivity contribution in [3.05, 3.63) is 41.8 Å². The van der Waals surface area contributed by atoms with Gasteiger partial charge in [-0.25, -0.2) is 4.79 Å². The van der Waals surface area contributed by atoms with Gasteiger partial charge in [0.25, 0.3) is 0 Å². The second-order valence-corrected chi connectivity index (χ2v) is 3.48. The summed E-state index contributed by atoms with van der Waals surface area (Å²) >= 11 is 0. The molecule has 0 saturated heterocycles. The van der Waals surface area contributed by atoms with Crippen molar-refractivity contribution in [3.8, 4) is 11.5 Å². The molecule has 2 aromatic rings. The standard InChI is InChI=1S/C12H10N2O3/c1-8-2-4-9(5-3-8)12-14-13-10(17-12)6-7-11(15)16/h2-7H,1H3,(H,15,16)/b7-6-. The molecule has 0 atom stereocenters. The van der Waals surface area contributed by atoms with Gasteiger partial charge in [0.05, 0.1) is 0 Å². The van der Waals surface area contributed by atoms with Crippen LogP contribution in [0.5, 0.6) is 0 Å². The van der Waals surface area contributed by atoms with E-state index >= 15 is 0 Å². The Kier molecular flexibility index (Phi) is 3.00. The summed E-state index contributed by atoms with van der Waals surface area (Å²) in [6.45, 7) is 1.98. The zero-order chi connectivity index (χ0) is 12.3. The van der Waals surface area contributed by atoms with Crippen LogP contribution in [0.2, 0.25) is 0 Å². The summed E-state index contributed by atoms with van der Waals surface area (Å²) in [6.07, 6.45) is 2.21. The van der Waals surface area contributed by atoms with Gasteiger partial charge in [0.2, 0.25) is 11.8 Å². The Labute approximate surface area is 97.4 Å². The Bertz CT molecular complexity index is 555. The quantitative estimate of drug-likeness (QED) is 0.817. The number of benzene rings is 1. The molecule has 0 fully saturated rings. The molecule has 1 aromatic heterocycles. The zero-order valence-corrected chi connectivity index (χ0v) is 9.12. The first-order valence-corrected chi connectivity index (χ1v) is 4.97. The van der Waals surface area contributed by atoms with E-state index in [-0.39, 0.29) is 5.89 Å². The van der Waals surface area contributed by atoms with Crippen LogP contribution in [-0.2, 0) is 4.79 Å². The van der Waals surface area contributed by atoms with Gasteiger partial charge in [-0.15, -0.1) is 10.2 Å². The highest BCUT2D eigenvalue weighted by Crippen LogP contribution is 2.18. The third-order valence-corrected chi connectivity index (χ3v) is 2.11. The number of hydrogen-bond acceptors (Lipinski definition) is 4. The molecule has 1 aromatic carbocycles. The maximum atomic E-state index is 10.3. The number of aryl methyl sites for hydroxylation is 1. The number of aliphatic carboxylic acids is 1. The minimum atomic E-state index is -1.06. The van der Waals surface area contributed by atoms with Crippen LogP contribution in [0, 0.1) is 6.92 Å². The van der Waals surface area contributed by atoms with E-state index in [4.69, 9.17) is 9.52 Å². The van der Waals surface area contributed by atoms with Crippen LogP contribution >= 0.6 is 0 Å². The van der Waals surface area contributed by atoms with Crippen LogP contribution in [0.25, 0.3) is 17.5 Å². The fourth-order valence-electron chi connectivity index (χ4n) is 1.26. The molecule has 0 amide bonds. The summed E-state index contributed by atoms with van der Waals surface area (Å²) in [5, 5.41) is 16.0. The van der Waals surface area contributed by atoms with E-state index in [0.717, 1.165) is 17.2 Å². The number of aromatic nitrogens is 2. The molecule has 0 bridgehead atoms. The Balaban J connectivity index is 2.23. The second kappa shape index (κ2) is 4.61. The van der Waals surface area contributed by atoms with Gasteiger partial charge in [0.1, 0.15) is 0 Å². The van der Waals surface area contributed by atoms with Crippen molar-refractivity contribution in [3.63, 3.8) is 0 Å². The van der Waals surface area contributed by atoms with E-state index in [1.165, 1.54) is 6.08 Å². The smallest absolute Gasteiger partial charge is 0.328 e. The molecule has 5 heteroatoms. The molecule has 0 saturated carbocycles. The number of carboxylic acids is 1. The van der Waals surface area contributed by atoms with Gasteiger partial charge in [-0.3, -0.25) is 0 Å². The molecule has 1 heterocycles. The summed E-state index contributed by atoms with van der Waals surface area (Å²) in [7, 11) is 0. The Morgan fingerprint density at radius 1 is 1.29 bits per heavy atom. The summed E-state index contributed by atoms with van der Waals surface area (Å²) in [4.78, 5) is 10.3. The van der Waals surface area contributed by atoms with E-state index in [1.54, 1.807) is 0 Å². The fourth-order valence-corrected chi connectivity index (χ4v) is 1.26. The van der Waals surface area contributed by atoms with Gasteiger partial charge in [-0.1, -0.05) is 17.7 Å². The number of carboxylic acid groups (broad SMARTS) is 1. The minimum Gasteiger partial charge on any atom is -0.478 e. The average Bonchev–Trinajstić information content (AvgIpc) is 2.76. The lowest BCUT2D eigenvalue weighted by Gasteiger charge is -1.94. The molecule has 0 spiro atoms. The maximum absolute atomic E-state index is 10.3. The third kappa shape index (κ3) is 2.78. The maximum Gasteiger partial charge on any atom is 0.328 e. The molecule has 86 valence electrons. The second-order valence-electron chi connectivity index (χ2n) is 3.48. The molecule has 0 aliphatic carbocycles. The van der Waals surface area contributed by atoms with E-state index in [1.807, 2.05) is 31.2 Å². The van der Waals surface area contributed by atoms with Crippen molar-refractivity contribution in [1.82, 2.24) is 10.2 Å². The van der Waals surface area contributed by atoms with Crippen molar-refractivity contribution in [2.75, 3.05) is 0 Å². The minimum absolute atomic E-state index is 0.169. The molecule has 0 aliphatic rings. The summed E-state index contributed by atoms with van der Waals surface area (Å²) < 4.78 is 5.29. The predicted molar refractivity (Wildman–Crippen MR) is 61.1 cm³/mol. The van der Waals surface area contributed by atoms with Crippen molar-refractivity contribution >= 4 is 12.0 Å². The number of hydrogen-bond donors (Lipinski definition) is 1. The van der Waals surface area contributed by atoms with E-state index in [9.17, 15) is 4.79 Å². The normalized spacial score (nSPS) is 10.9. The van der Waals surface area contributed by atoms with Crippen molar-refractivity contribution < 1.29 is 14.3 Å². The van der Waals surface area contributed by atoms with Crippen LogP contribution in [-0.4, -0.2) is 21.3 Å². The Morgan fingerprint density at radius 2 is 2.00 bits per heavy atom. The number of rotatable bonds is 3. The highest BCUT2D eigenvalue weighted by atomic mass is 16.4. The van der Waals surface area contributed by atoms with E-state index in [0.29, 0.717) is 5.89 Å². The van der Waals surface area contributed by atoms with Crippen LogP contribution < -0.4 is 0 Å². The molecular formula is C12H10N2O3. The SMILES string of the molecule is Cc1ccc(-c2nnc(/C=C\C(=O)O)o2)cc1. The van der Waals surface area contributed by atoms with E-state index in [2.05, 4.69) is 10.2 Å². The summed E-state index contributed by atoms with van der Waals surface area (Å²) in [6, 6.07) is 7.61. The fraction of sp³-hybridized carbons (Fsp3) is 0.0833.